The third-order valence-corrected chi connectivity index (χ3v) is 7.30. The van der Waals surface area contributed by atoms with Gasteiger partial charge in [0.05, 0.1) is 6.42 Å². The normalized spacial score (nSPS) is 15.9. The minimum Gasteiger partial charge on any atom is -0.481 e. The number of fused-ring (bicyclic) bond motifs is 3. The van der Waals surface area contributed by atoms with E-state index in [4.69, 9.17) is 9.84 Å². The number of alkyl carbamates (subject to hydrolysis) is 1. The van der Waals surface area contributed by atoms with Gasteiger partial charge in [0.15, 0.2) is 0 Å². The molecule has 2 aromatic carbocycles. The number of carbonyl (C=O) groups is 3. The van der Waals surface area contributed by atoms with Crippen molar-refractivity contribution >= 4 is 18.0 Å². The lowest BCUT2D eigenvalue weighted by molar-refractivity contribution is -0.142. The van der Waals surface area contributed by atoms with E-state index in [1.54, 1.807) is 0 Å². The van der Waals surface area contributed by atoms with Crippen LogP contribution in [0.4, 0.5) is 4.79 Å². The molecule has 0 aromatic heterocycles. The number of hydrogen-bond donors (Lipinski definition) is 3. The molecule has 0 radical (unpaired) electrons. The maximum Gasteiger partial charge on any atom is 0.407 e. The Labute approximate surface area is 206 Å². The molecule has 35 heavy (non-hydrogen) atoms. The standard InChI is InChI=1S/C28H34N2O5/c1-27(2,14-24(31)29-18-28(12-7-13-28)15-25(32)33)17-30-26(34)35-16-23-21-10-5-3-8-19(21)20-9-4-6-11-22(20)23/h3-6,8-11,23H,7,12-18H2,1-2H3,(H,29,31)(H,30,34)(H,32,33). The van der Waals surface area contributed by atoms with Crippen LogP contribution in [-0.2, 0) is 14.3 Å². The lowest BCUT2D eigenvalue weighted by Gasteiger charge is -2.41. The van der Waals surface area contributed by atoms with Crippen molar-refractivity contribution in [2.45, 2.75) is 51.9 Å². The van der Waals surface area contributed by atoms with Gasteiger partial charge in [0.2, 0.25) is 5.91 Å². The zero-order valence-electron chi connectivity index (χ0n) is 20.4. The molecule has 0 unspecified atom stereocenters. The van der Waals surface area contributed by atoms with E-state index in [-0.39, 0.29) is 43.2 Å². The predicted octanol–water partition coefficient (Wildman–Crippen LogP) is 4.70. The number of aliphatic carboxylic acids is 1. The summed E-state index contributed by atoms with van der Waals surface area (Å²) >= 11 is 0. The lowest BCUT2D eigenvalue weighted by Crippen LogP contribution is -2.45. The first-order valence-corrected chi connectivity index (χ1v) is 12.3. The third-order valence-electron chi connectivity index (χ3n) is 7.30. The summed E-state index contributed by atoms with van der Waals surface area (Å²) in [6, 6.07) is 16.4. The first-order valence-electron chi connectivity index (χ1n) is 12.3. The molecule has 1 saturated carbocycles. The van der Waals surface area contributed by atoms with Crippen LogP contribution in [0.3, 0.4) is 0 Å². The largest absolute Gasteiger partial charge is 0.481 e. The molecular formula is C28H34N2O5. The molecule has 2 amide bonds. The molecule has 1 fully saturated rings. The molecule has 2 aliphatic carbocycles. The Balaban J connectivity index is 1.24. The average molecular weight is 479 g/mol. The van der Waals surface area contributed by atoms with Gasteiger partial charge in [-0.2, -0.15) is 0 Å². The maximum absolute atomic E-state index is 12.5. The van der Waals surface area contributed by atoms with Crippen molar-refractivity contribution in [2.24, 2.45) is 10.8 Å². The highest BCUT2D eigenvalue weighted by Gasteiger charge is 2.39. The van der Waals surface area contributed by atoms with Crippen molar-refractivity contribution < 1.29 is 24.2 Å². The molecule has 186 valence electrons. The molecule has 0 bridgehead atoms. The quantitative estimate of drug-likeness (QED) is 0.459. The summed E-state index contributed by atoms with van der Waals surface area (Å²) < 4.78 is 5.59. The maximum atomic E-state index is 12.5. The van der Waals surface area contributed by atoms with Crippen LogP contribution in [0.15, 0.2) is 48.5 Å². The molecule has 7 heteroatoms. The van der Waals surface area contributed by atoms with E-state index in [9.17, 15) is 14.4 Å². The minimum absolute atomic E-state index is 0.00318. The van der Waals surface area contributed by atoms with Crippen LogP contribution in [-0.4, -0.2) is 42.8 Å². The Morgan fingerprint density at radius 2 is 1.60 bits per heavy atom. The first kappa shape index (κ1) is 24.8. The number of amides is 2. The average Bonchev–Trinajstić information content (AvgIpc) is 3.11. The molecule has 2 aliphatic rings. The van der Waals surface area contributed by atoms with Gasteiger partial charge in [0, 0.05) is 25.4 Å². The van der Waals surface area contributed by atoms with Crippen molar-refractivity contribution in [1.29, 1.82) is 0 Å². The van der Waals surface area contributed by atoms with Crippen LogP contribution in [0, 0.1) is 10.8 Å². The Morgan fingerprint density at radius 3 is 2.14 bits per heavy atom. The van der Waals surface area contributed by atoms with E-state index in [1.807, 2.05) is 38.1 Å². The van der Waals surface area contributed by atoms with Crippen LogP contribution in [0.1, 0.15) is 63.0 Å². The Hall–Kier alpha value is -3.35. The summed E-state index contributed by atoms with van der Waals surface area (Å²) in [6.45, 7) is 4.73. The van der Waals surface area contributed by atoms with Crippen LogP contribution in [0.25, 0.3) is 11.1 Å². The smallest absolute Gasteiger partial charge is 0.407 e. The van der Waals surface area contributed by atoms with Gasteiger partial charge >= 0.3 is 12.1 Å². The second-order valence-corrected chi connectivity index (χ2v) is 10.7. The summed E-state index contributed by atoms with van der Waals surface area (Å²) in [5.74, 6) is -0.968. The number of benzene rings is 2. The van der Waals surface area contributed by atoms with Crippen molar-refractivity contribution in [1.82, 2.24) is 10.6 Å². The second kappa shape index (κ2) is 10.1. The summed E-state index contributed by atoms with van der Waals surface area (Å²) in [7, 11) is 0. The fourth-order valence-electron chi connectivity index (χ4n) is 5.22. The highest BCUT2D eigenvalue weighted by atomic mass is 16.5. The number of carboxylic acids is 1. The molecule has 3 N–H and O–H groups in total. The third kappa shape index (κ3) is 5.84. The van der Waals surface area contributed by atoms with Gasteiger partial charge in [-0.25, -0.2) is 4.79 Å². The van der Waals surface area contributed by atoms with Crippen molar-refractivity contribution in [3.63, 3.8) is 0 Å². The van der Waals surface area contributed by atoms with Gasteiger partial charge in [0.1, 0.15) is 6.61 Å². The second-order valence-electron chi connectivity index (χ2n) is 10.7. The molecule has 7 nitrogen and oxygen atoms in total. The fraction of sp³-hybridized carbons (Fsp3) is 0.464. The van der Waals surface area contributed by atoms with E-state index in [0.717, 1.165) is 30.4 Å². The van der Waals surface area contributed by atoms with Crippen LogP contribution < -0.4 is 10.6 Å². The zero-order chi connectivity index (χ0) is 25.1. The van der Waals surface area contributed by atoms with E-state index in [1.165, 1.54) is 11.1 Å². The van der Waals surface area contributed by atoms with Gasteiger partial charge in [-0.15, -0.1) is 0 Å². The topological polar surface area (TPSA) is 105 Å². The lowest BCUT2D eigenvalue weighted by atomic mass is 9.66. The molecule has 2 aromatic rings. The number of ether oxygens (including phenoxy) is 1. The minimum atomic E-state index is -0.827. The number of rotatable bonds is 10. The molecule has 0 saturated heterocycles. The number of nitrogens with one attached hydrogen (secondary N) is 2. The van der Waals surface area contributed by atoms with Gasteiger partial charge in [-0.05, 0) is 45.9 Å². The molecule has 0 heterocycles. The van der Waals surface area contributed by atoms with E-state index < -0.39 is 17.5 Å². The van der Waals surface area contributed by atoms with Crippen LogP contribution in [0.2, 0.25) is 0 Å². The zero-order valence-corrected chi connectivity index (χ0v) is 20.4. The summed E-state index contributed by atoms with van der Waals surface area (Å²) in [5, 5.41) is 14.8. The number of hydrogen-bond acceptors (Lipinski definition) is 4. The Bertz CT molecular complexity index is 1060. The van der Waals surface area contributed by atoms with Gasteiger partial charge < -0.3 is 20.5 Å². The van der Waals surface area contributed by atoms with Gasteiger partial charge in [-0.1, -0.05) is 68.8 Å². The molecule has 0 spiro atoms. The number of carbonyl (C=O) groups excluding carboxylic acids is 2. The Morgan fingerprint density at radius 1 is 1.00 bits per heavy atom. The Kier molecular flexibility index (Phi) is 7.15. The summed E-state index contributed by atoms with van der Waals surface area (Å²) in [5.41, 5.74) is 3.88. The van der Waals surface area contributed by atoms with Crippen molar-refractivity contribution in [2.75, 3.05) is 19.7 Å². The van der Waals surface area contributed by atoms with E-state index in [0.29, 0.717) is 6.54 Å². The summed E-state index contributed by atoms with van der Waals surface area (Å²) in [6.07, 6.45) is 2.45. The monoisotopic (exact) mass is 478 g/mol. The van der Waals surface area contributed by atoms with Gasteiger partial charge in [0.25, 0.3) is 0 Å². The fourth-order valence-corrected chi connectivity index (χ4v) is 5.22. The number of carboxylic acid groups (broad SMARTS) is 1. The van der Waals surface area contributed by atoms with Crippen molar-refractivity contribution in [3.05, 3.63) is 59.7 Å². The summed E-state index contributed by atoms with van der Waals surface area (Å²) in [4.78, 5) is 36.1. The highest BCUT2D eigenvalue weighted by Crippen LogP contribution is 2.45. The van der Waals surface area contributed by atoms with Crippen LogP contribution >= 0.6 is 0 Å². The highest BCUT2D eigenvalue weighted by molar-refractivity contribution is 5.79. The molecule has 0 atom stereocenters. The van der Waals surface area contributed by atoms with Gasteiger partial charge in [-0.3, -0.25) is 9.59 Å². The molecule has 4 rings (SSSR count). The molecular weight excluding hydrogens is 444 g/mol. The van der Waals surface area contributed by atoms with Crippen molar-refractivity contribution in [3.8, 4) is 11.1 Å². The van der Waals surface area contributed by atoms with Crippen LogP contribution in [0.5, 0.6) is 0 Å². The SMILES string of the molecule is CC(C)(CNC(=O)OCC1c2ccccc2-c2ccccc21)CC(=O)NCC1(CC(=O)O)CCC1. The predicted molar refractivity (Wildman–Crippen MR) is 133 cm³/mol. The first-order chi connectivity index (χ1) is 16.7. The van der Waals surface area contributed by atoms with E-state index in [2.05, 4.69) is 34.9 Å². The molecule has 0 aliphatic heterocycles. The van der Waals surface area contributed by atoms with E-state index >= 15 is 0 Å².